The molecule has 4 heteroatoms. The molecule has 1 heterocycles. The summed E-state index contributed by atoms with van der Waals surface area (Å²) in [4.78, 5) is 3.11. The zero-order chi connectivity index (χ0) is 7.72. The maximum absolute atomic E-state index is 9.12. The minimum absolute atomic E-state index is 0.0611. The first-order chi connectivity index (χ1) is 4.66. The molecule has 0 atom stereocenters. The van der Waals surface area contributed by atoms with Crippen LogP contribution >= 0.6 is 0 Å². The summed E-state index contributed by atoms with van der Waals surface area (Å²) in [5.41, 5.74) is 0.539. The van der Waals surface area contributed by atoms with E-state index >= 15 is 0 Å². The second kappa shape index (κ2) is 2.03. The maximum atomic E-state index is 9.12. The Morgan fingerprint density at radius 1 is 1.70 bits per heavy atom. The maximum Gasteiger partial charge on any atom is 0.302 e. The average Bonchev–Trinajstić information content (AvgIpc) is 2.17. The molecule has 1 aromatic heterocycles. The van der Waals surface area contributed by atoms with Gasteiger partial charge in [0.1, 0.15) is 0 Å². The molecule has 0 bridgehead atoms. The summed E-state index contributed by atoms with van der Waals surface area (Å²) in [6.07, 6.45) is 0. The van der Waals surface area contributed by atoms with Crippen LogP contribution in [0.3, 0.4) is 0 Å². The quantitative estimate of drug-likeness (QED) is 0.542. The largest absolute Gasteiger partial charge is 0.493 e. The third-order valence-electron chi connectivity index (χ3n) is 1.33. The topological polar surface area (TPSA) is 42.4 Å². The lowest BCUT2D eigenvalue weighted by Crippen LogP contribution is -1.87. The zero-order valence-electron chi connectivity index (χ0n) is 5.79. The van der Waals surface area contributed by atoms with Crippen LogP contribution in [0.2, 0.25) is 0 Å². The van der Waals surface area contributed by atoms with Crippen LogP contribution in [0, 0.1) is 13.5 Å². The van der Waals surface area contributed by atoms with Crippen LogP contribution in [0.15, 0.2) is 0 Å². The normalized spacial score (nSPS) is 9.30. The van der Waals surface area contributed by atoms with Gasteiger partial charge in [0.2, 0.25) is 5.88 Å². The van der Waals surface area contributed by atoms with Gasteiger partial charge in [-0.05, 0) is 12.0 Å². The van der Waals surface area contributed by atoms with Crippen LogP contribution in [0.4, 0.5) is 5.82 Å². The second-order valence-electron chi connectivity index (χ2n) is 2.01. The SMILES string of the molecule is [C-]#[N+]c1nn(C)c(O)c1C. The van der Waals surface area contributed by atoms with Crippen LogP contribution in [0.25, 0.3) is 4.85 Å². The fourth-order valence-corrected chi connectivity index (χ4v) is 0.713. The van der Waals surface area contributed by atoms with Crippen LogP contribution in [-0.2, 0) is 7.05 Å². The van der Waals surface area contributed by atoms with Gasteiger partial charge in [-0.2, -0.15) is 4.68 Å². The van der Waals surface area contributed by atoms with Gasteiger partial charge < -0.3 is 9.95 Å². The number of nitrogens with zero attached hydrogens (tertiary/aromatic N) is 3. The minimum Gasteiger partial charge on any atom is -0.493 e. The van der Waals surface area contributed by atoms with Crippen LogP contribution in [-0.4, -0.2) is 14.9 Å². The number of rotatable bonds is 0. The lowest BCUT2D eigenvalue weighted by molar-refractivity contribution is 0.416. The van der Waals surface area contributed by atoms with E-state index in [9.17, 15) is 0 Å². The monoisotopic (exact) mass is 137 g/mol. The van der Waals surface area contributed by atoms with E-state index in [4.69, 9.17) is 11.7 Å². The van der Waals surface area contributed by atoms with Crippen molar-refractivity contribution in [1.29, 1.82) is 0 Å². The molecule has 0 unspecified atom stereocenters. The summed E-state index contributed by atoms with van der Waals surface area (Å²) in [5, 5.41) is 12.9. The van der Waals surface area contributed by atoms with E-state index in [0.29, 0.717) is 5.56 Å². The van der Waals surface area contributed by atoms with Crippen molar-refractivity contribution in [1.82, 2.24) is 9.78 Å². The molecular weight excluding hydrogens is 130 g/mol. The fraction of sp³-hybridized carbons (Fsp3) is 0.333. The molecule has 0 spiro atoms. The van der Waals surface area contributed by atoms with Crippen LogP contribution in [0.1, 0.15) is 5.56 Å². The third kappa shape index (κ3) is 0.722. The molecule has 10 heavy (non-hydrogen) atoms. The molecule has 52 valence electrons. The number of aromatic hydroxyl groups is 1. The van der Waals surface area contributed by atoms with E-state index in [-0.39, 0.29) is 11.7 Å². The van der Waals surface area contributed by atoms with Crippen molar-refractivity contribution in [2.24, 2.45) is 7.05 Å². The minimum atomic E-state index is 0.0611. The average molecular weight is 137 g/mol. The molecule has 0 aliphatic heterocycles. The van der Waals surface area contributed by atoms with E-state index in [2.05, 4.69) is 9.94 Å². The first kappa shape index (κ1) is 6.62. The van der Waals surface area contributed by atoms with Crippen LogP contribution in [0.5, 0.6) is 5.88 Å². The molecule has 0 fully saturated rings. The van der Waals surface area contributed by atoms with Gasteiger partial charge in [0.15, 0.2) is 0 Å². The summed E-state index contributed by atoms with van der Waals surface area (Å²) >= 11 is 0. The first-order valence-electron chi connectivity index (χ1n) is 2.77. The van der Waals surface area contributed by atoms with Crippen LogP contribution < -0.4 is 0 Å². The number of aryl methyl sites for hydroxylation is 1. The van der Waals surface area contributed by atoms with Gasteiger partial charge in [-0.3, -0.25) is 0 Å². The smallest absolute Gasteiger partial charge is 0.302 e. The Labute approximate surface area is 58.5 Å². The highest BCUT2D eigenvalue weighted by Crippen LogP contribution is 2.24. The van der Waals surface area contributed by atoms with Gasteiger partial charge in [-0.1, -0.05) is 6.57 Å². The van der Waals surface area contributed by atoms with E-state index in [1.54, 1.807) is 14.0 Å². The lowest BCUT2D eigenvalue weighted by atomic mass is 10.4. The Morgan fingerprint density at radius 2 is 2.30 bits per heavy atom. The summed E-state index contributed by atoms with van der Waals surface area (Å²) in [6, 6.07) is 0. The molecule has 1 aromatic rings. The lowest BCUT2D eigenvalue weighted by Gasteiger charge is -1.86. The molecule has 0 saturated carbocycles. The second-order valence-corrected chi connectivity index (χ2v) is 2.01. The predicted molar refractivity (Wildman–Crippen MR) is 35.9 cm³/mol. The van der Waals surface area contributed by atoms with E-state index in [0.717, 1.165) is 0 Å². The van der Waals surface area contributed by atoms with Crippen molar-refractivity contribution >= 4 is 5.82 Å². The molecule has 0 aromatic carbocycles. The van der Waals surface area contributed by atoms with E-state index < -0.39 is 0 Å². The zero-order valence-corrected chi connectivity index (χ0v) is 5.79. The van der Waals surface area contributed by atoms with Gasteiger partial charge in [-0.15, -0.1) is 0 Å². The van der Waals surface area contributed by atoms with Crippen molar-refractivity contribution < 1.29 is 5.11 Å². The number of hydrogen-bond donors (Lipinski definition) is 1. The Morgan fingerprint density at radius 3 is 2.50 bits per heavy atom. The van der Waals surface area contributed by atoms with Crippen molar-refractivity contribution in [3.63, 3.8) is 0 Å². The Hall–Kier alpha value is -1.50. The van der Waals surface area contributed by atoms with Gasteiger partial charge in [0, 0.05) is 5.56 Å². The molecule has 0 amide bonds. The fourth-order valence-electron chi connectivity index (χ4n) is 0.713. The molecule has 0 radical (unpaired) electrons. The molecule has 0 aliphatic rings. The Balaban J connectivity index is 3.34. The molecular formula is C6H7N3O. The molecule has 1 N–H and O–H groups in total. The molecule has 4 nitrogen and oxygen atoms in total. The number of hydrogen-bond acceptors (Lipinski definition) is 2. The van der Waals surface area contributed by atoms with Gasteiger partial charge in [0.05, 0.1) is 7.05 Å². The van der Waals surface area contributed by atoms with E-state index in [1.165, 1.54) is 4.68 Å². The third-order valence-corrected chi connectivity index (χ3v) is 1.33. The Kier molecular flexibility index (Phi) is 1.34. The summed E-state index contributed by atoms with van der Waals surface area (Å²) < 4.78 is 1.28. The number of aromatic nitrogens is 2. The van der Waals surface area contributed by atoms with Gasteiger partial charge >= 0.3 is 5.82 Å². The van der Waals surface area contributed by atoms with Crippen molar-refractivity contribution in [2.75, 3.05) is 0 Å². The standard InChI is InChI=1S/C6H7N3O/c1-4-5(7-2)8-9(3)6(4)10/h10H,1,3H3. The van der Waals surface area contributed by atoms with Crippen molar-refractivity contribution in [3.05, 3.63) is 17.0 Å². The van der Waals surface area contributed by atoms with E-state index in [1.807, 2.05) is 0 Å². The highest BCUT2D eigenvalue weighted by atomic mass is 16.3. The molecule has 0 saturated heterocycles. The van der Waals surface area contributed by atoms with Crippen molar-refractivity contribution in [2.45, 2.75) is 6.92 Å². The summed E-state index contributed by atoms with van der Waals surface area (Å²) in [7, 11) is 1.59. The Bertz CT molecular complexity index is 295. The molecule has 0 aliphatic carbocycles. The summed E-state index contributed by atoms with van der Waals surface area (Å²) in [6.45, 7) is 8.30. The highest BCUT2D eigenvalue weighted by Gasteiger charge is 2.11. The highest BCUT2D eigenvalue weighted by molar-refractivity contribution is 5.49. The first-order valence-corrected chi connectivity index (χ1v) is 2.77. The van der Waals surface area contributed by atoms with Gasteiger partial charge in [0.25, 0.3) is 0 Å². The molecule has 1 rings (SSSR count). The van der Waals surface area contributed by atoms with Crippen molar-refractivity contribution in [3.8, 4) is 5.88 Å². The summed E-state index contributed by atoms with van der Waals surface area (Å²) in [5.74, 6) is 0.325. The predicted octanol–water partition coefficient (Wildman–Crippen LogP) is 0.985. The van der Waals surface area contributed by atoms with Gasteiger partial charge in [-0.25, -0.2) is 0 Å².